The summed E-state index contributed by atoms with van der Waals surface area (Å²) in [6.45, 7) is 8.44. The zero-order valence-electron chi connectivity index (χ0n) is 30.2. The van der Waals surface area contributed by atoms with Gasteiger partial charge in [0.15, 0.2) is 5.16 Å². The average Bonchev–Trinajstić information content (AvgIpc) is 3.76. The Bertz CT molecular complexity index is 1630. The number of H-pyrrole nitrogens is 1. The van der Waals surface area contributed by atoms with Crippen molar-refractivity contribution >= 4 is 29.7 Å². The molecule has 0 saturated heterocycles. The van der Waals surface area contributed by atoms with Crippen LogP contribution in [-0.2, 0) is 39.9 Å². The Morgan fingerprint density at radius 3 is 2.34 bits per heavy atom. The van der Waals surface area contributed by atoms with E-state index >= 15 is 0 Å². The number of carbonyl (C=O) groups excluding carboxylic acids is 3. The van der Waals surface area contributed by atoms with Gasteiger partial charge in [-0.1, -0.05) is 80.3 Å². The third-order valence-corrected chi connectivity index (χ3v) is 9.74. The van der Waals surface area contributed by atoms with E-state index in [0.717, 1.165) is 54.0 Å². The second-order valence-corrected chi connectivity index (χ2v) is 15.2. The molecule has 2 aromatic heterocycles. The molecule has 1 aliphatic rings. The predicted octanol–water partition coefficient (Wildman–Crippen LogP) is 4.98. The van der Waals surface area contributed by atoms with Crippen LogP contribution >= 0.6 is 11.8 Å². The van der Waals surface area contributed by atoms with Gasteiger partial charge < -0.3 is 30.8 Å². The minimum absolute atomic E-state index is 0.00788. The molecule has 1 saturated carbocycles. The van der Waals surface area contributed by atoms with Gasteiger partial charge in [0.25, 0.3) is 0 Å². The Morgan fingerprint density at radius 1 is 1.04 bits per heavy atom. The number of aliphatic hydroxyl groups is 1. The molecule has 5 N–H and O–H groups in total. The standard InChI is InChI=1S/C36H49F3N8O5S/c1-5-16-47-32(36(37,38)39)45-46-33(47)53-21-29(48)26(17-23-12-8-6-9-13-23)42-31(50)28(19-25-20-40-22-41-25)43-30(49)27(18-24-14-10-7-11-15-24)44-34(51)52-35(2,3)4/h5,7,10-11,14-15,20,22-23,26-29,48H,1,6,8-9,12-13,16-19,21H2,2-4H3,(H,40,41)(H,42,50)(H,43,49)(H,44,51)/t26-,27-,28-,29+/m0/s1. The molecule has 13 nitrogen and oxygen atoms in total. The van der Waals surface area contributed by atoms with Crippen LogP contribution in [0.25, 0.3) is 0 Å². The zero-order valence-corrected chi connectivity index (χ0v) is 31.0. The van der Waals surface area contributed by atoms with Crippen LogP contribution in [0.4, 0.5) is 18.0 Å². The number of alkyl halides is 3. The van der Waals surface area contributed by atoms with Crippen molar-refractivity contribution < 1.29 is 37.4 Å². The molecule has 3 aromatic rings. The number of carbonyl (C=O) groups is 3. The van der Waals surface area contributed by atoms with Crippen molar-refractivity contribution in [1.82, 2.24) is 40.7 Å². The van der Waals surface area contributed by atoms with Crippen molar-refractivity contribution in [3.63, 3.8) is 0 Å². The smallest absolute Gasteiger partial charge is 0.444 e. The highest BCUT2D eigenvalue weighted by Gasteiger charge is 2.39. The molecule has 2 heterocycles. The van der Waals surface area contributed by atoms with Gasteiger partial charge in [-0.05, 0) is 38.7 Å². The summed E-state index contributed by atoms with van der Waals surface area (Å²) in [5.74, 6) is -2.31. The number of amides is 3. The van der Waals surface area contributed by atoms with E-state index in [1.54, 1.807) is 32.9 Å². The summed E-state index contributed by atoms with van der Waals surface area (Å²) < 4.78 is 47.0. The molecule has 1 aromatic carbocycles. The fraction of sp³-hybridized carbons (Fsp3) is 0.556. The van der Waals surface area contributed by atoms with Crippen LogP contribution in [0.3, 0.4) is 0 Å². The first-order valence-corrected chi connectivity index (χ1v) is 18.6. The molecule has 0 spiro atoms. The molecule has 4 rings (SSSR count). The minimum atomic E-state index is -4.73. The van der Waals surface area contributed by atoms with E-state index in [1.165, 1.54) is 18.6 Å². The van der Waals surface area contributed by atoms with Gasteiger partial charge in [-0.2, -0.15) is 13.2 Å². The second kappa shape index (κ2) is 19.1. The van der Waals surface area contributed by atoms with Crippen molar-refractivity contribution in [3.05, 3.63) is 72.6 Å². The van der Waals surface area contributed by atoms with Crippen LogP contribution < -0.4 is 16.0 Å². The summed E-state index contributed by atoms with van der Waals surface area (Å²) >= 11 is 0.892. The number of imidazole rings is 1. The lowest BCUT2D eigenvalue weighted by Gasteiger charge is -2.31. The molecule has 0 aliphatic heterocycles. The van der Waals surface area contributed by atoms with Crippen molar-refractivity contribution in [3.8, 4) is 0 Å². The molecular formula is C36H49F3N8O5S. The van der Waals surface area contributed by atoms with Crippen LogP contribution in [-0.4, -0.2) is 83.3 Å². The molecule has 0 radical (unpaired) electrons. The number of halogens is 3. The predicted molar refractivity (Wildman–Crippen MR) is 193 cm³/mol. The normalized spacial score (nSPS) is 16.2. The van der Waals surface area contributed by atoms with Crippen LogP contribution in [0.5, 0.6) is 0 Å². The van der Waals surface area contributed by atoms with E-state index in [-0.39, 0.29) is 36.2 Å². The highest BCUT2D eigenvalue weighted by Crippen LogP contribution is 2.32. The minimum Gasteiger partial charge on any atom is -0.444 e. The van der Waals surface area contributed by atoms with E-state index in [1.807, 2.05) is 18.2 Å². The highest BCUT2D eigenvalue weighted by atomic mass is 32.2. The molecule has 17 heteroatoms. The number of aromatic amines is 1. The van der Waals surface area contributed by atoms with Crippen LogP contribution in [0.2, 0.25) is 0 Å². The largest absolute Gasteiger partial charge is 0.451 e. The summed E-state index contributed by atoms with van der Waals surface area (Å²) in [6.07, 6.45) is 2.97. The van der Waals surface area contributed by atoms with E-state index < -0.39 is 59.7 Å². The molecule has 3 amide bonds. The zero-order chi connectivity index (χ0) is 38.6. The Labute approximate surface area is 311 Å². The van der Waals surface area contributed by atoms with Gasteiger partial charge in [0.2, 0.25) is 17.6 Å². The topological polar surface area (TPSA) is 176 Å². The molecule has 0 bridgehead atoms. The first-order valence-electron chi connectivity index (χ1n) is 17.7. The van der Waals surface area contributed by atoms with E-state index in [4.69, 9.17) is 4.74 Å². The number of rotatable bonds is 17. The number of ether oxygens (including phenoxy) is 1. The van der Waals surface area contributed by atoms with Gasteiger partial charge >= 0.3 is 12.3 Å². The second-order valence-electron chi connectivity index (χ2n) is 14.2. The number of alkyl carbamates (subject to hydrolysis) is 1. The lowest BCUT2D eigenvalue weighted by atomic mass is 9.83. The number of hydrogen-bond donors (Lipinski definition) is 5. The first-order chi connectivity index (χ1) is 25.1. The number of aromatic nitrogens is 5. The SMILES string of the molecule is C=CCn1c(SC[C@@H](O)[C@H](CC2CCCCC2)NC(=O)[C@H](Cc2cnc[nH]2)NC(=O)[C@H](Cc2ccccc2)NC(=O)OC(C)(C)C)nnc1C(F)(F)F. The number of aliphatic hydroxyl groups excluding tert-OH is 1. The van der Waals surface area contributed by atoms with Crippen molar-refractivity contribution in [2.45, 2.75) is 120 Å². The quantitative estimate of drug-likeness (QED) is 0.0939. The van der Waals surface area contributed by atoms with Crippen LogP contribution in [0.1, 0.15) is 76.4 Å². The van der Waals surface area contributed by atoms with Gasteiger partial charge in [-0.15, -0.1) is 16.8 Å². The van der Waals surface area contributed by atoms with Gasteiger partial charge in [0, 0.05) is 37.0 Å². The molecule has 0 unspecified atom stereocenters. The number of benzene rings is 1. The third-order valence-electron chi connectivity index (χ3n) is 8.67. The number of hydrogen-bond acceptors (Lipinski definition) is 9. The lowest BCUT2D eigenvalue weighted by Crippen LogP contribution is -2.58. The first kappa shape index (κ1) is 41.4. The summed E-state index contributed by atoms with van der Waals surface area (Å²) in [5.41, 5.74) is 0.486. The number of thioether (sulfide) groups is 1. The van der Waals surface area contributed by atoms with Gasteiger partial charge in [-0.3, -0.25) is 14.2 Å². The molecular weight excluding hydrogens is 714 g/mol. The van der Waals surface area contributed by atoms with E-state index in [2.05, 4.69) is 42.7 Å². The van der Waals surface area contributed by atoms with Gasteiger partial charge in [-0.25, -0.2) is 9.78 Å². The number of allylic oxidation sites excluding steroid dienone is 1. The van der Waals surface area contributed by atoms with E-state index in [9.17, 15) is 32.7 Å². The number of nitrogens with zero attached hydrogens (tertiary/aromatic N) is 4. The Hall–Kier alpha value is -4.38. The Balaban J connectivity index is 1.55. The van der Waals surface area contributed by atoms with Gasteiger partial charge in [0.1, 0.15) is 17.7 Å². The van der Waals surface area contributed by atoms with Crippen molar-refractivity contribution in [2.24, 2.45) is 5.92 Å². The Kier molecular flexibility index (Phi) is 14.9. The maximum absolute atomic E-state index is 14.1. The summed E-state index contributed by atoms with van der Waals surface area (Å²) in [5, 5.41) is 26.9. The fourth-order valence-electron chi connectivity index (χ4n) is 6.16. The molecule has 290 valence electrons. The van der Waals surface area contributed by atoms with E-state index in [0.29, 0.717) is 12.1 Å². The molecule has 1 fully saturated rings. The van der Waals surface area contributed by atoms with Gasteiger partial charge in [0.05, 0.1) is 18.5 Å². The maximum Gasteiger partial charge on any atom is 0.451 e. The monoisotopic (exact) mass is 762 g/mol. The highest BCUT2D eigenvalue weighted by molar-refractivity contribution is 7.99. The van der Waals surface area contributed by atoms with Crippen LogP contribution in [0.15, 0.2) is 60.7 Å². The number of nitrogens with one attached hydrogen (secondary N) is 4. The average molecular weight is 763 g/mol. The molecule has 53 heavy (non-hydrogen) atoms. The van der Waals surface area contributed by atoms with Crippen molar-refractivity contribution in [2.75, 3.05) is 5.75 Å². The fourth-order valence-corrected chi connectivity index (χ4v) is 7.13. The molecule has 1 aliphatic carbocycles. The lowest BCUT2D eigenvalue weighted by molar-refractivity contribution is -0.147. The van der Waals surface area contributed by atoms with Crippen LogP contribution in [0, 0.1) is 5.92 Å². The summed E-state index contributed by atoms with van der Waals surface area (Å²) in [6, 6.07) is 5.97. The Morgan fingerprint density at radius 2 is 1.72 bits per heavy atom. The molecule has 4 atom stereocenters. The summed E-state index contributed by atoms with van der Waals surface area (Å²) in [4.78, 5) is 47.8. The maximum atomic E-state index is 14.1. The van der Waals surface area contributed by atoms with Crippen molar-refractivity contribution in [1.29, 1.82) is 0 Å². The third kappa shape index (κ3) is 13.2. The summed E-state index contributed by atoms with van der Waals surface area (Å²) in [7, 11) is 0.